The van der Waals surface area contributed by atoms with Crippen LogP contribution in [0, 0.1) is 0 Å². The molecule has 1 fully saturated rings. The van der Waals surface area contributed by atoms with Crippen LogP contribution in [-0.2, 0) is 11.3 Å². The standard InChI is InChI=1S/C21H24N8O/c1-30-9-8-29(12-14-2-5-16-18(10-14)24-13-23-16)21-22-7-6-19(26-21)25-20-11-17(27-28-20)15-3-4-15/h2,5-7,10-11,13,15H,3-4,8-9,12H2,1H3,(H,23,24)(H2,22,25,26,27,28). The summed E-state index contributed by atoms with van der Waals surface area (Å²) in [4.78, 5) is 18.8. The Bertz CT molecular complexity index is 1130. The molecule has 30 heavy (non-hydrogen) atoms. The predicted octanol–water partition coefficient (Wildman–Crippen LogP) is 3.35. The van der Waals surface area contributed by atoms with E-state index in [9.17, 15) is 0 Å². The molecule has 0 unspecified atom stereocenters. The van der Waals surface area contributed by atoms with E-state index < -0.39 is 0 Å². The van der Waals surface area contributed by atoms with E-state index in [1.54, 1.807) is 19.6 Å². The molecule has 0 spiro atoms. The van der Waals surface area contributed by atoms with Gasteiger partial charge in [0.25, 0.3) is 0 Å². The van der Waals surface area contributed by atoms with Crippen LogP contribution in [0.4, 0.5) is 17.6 Å². The van der Waals surface area contributed by atoms with Gasteiger partial charge in [0.05, 0.1) is 24.0 Å². The minimum atomic E-state index is 0.579. The van der Waals surface area contributed by atoms with Crippen LogP contribution < -0.4 is 10.2 Å². The number of nitrogens with zero attached hydrogens (tertiary/aromatic N) is 5. The van der Waals surface area contributed by atoms with Crippen LogP contribution >= 0.6 is 0 Å². The third-order valence-electron chi connectivity index (χ3n) is 5.22. The van der Waals surface area contributed by atoms with Gasteiger partial charge in [0.1, 0.15) is 5.82 Å². The van der Waals surface area contributed by atoms with E-state index in [2.05, 4.69) is 53.6 Å². The van der Waals surface area contributed by atoms with Crippen LogP contribution in [0.1, 0.15) is 30.0 Å². The third kappa shape index (κ3) is 4.11. The Morgan fingerprint density at radius 2 is 2.10 bits per heavy atom. The second-order valence-electron chi connectivity index (χ2n) is 7.52. The molecule has 154 valence electrons. The summed E-state index contributed by atoms with van der Waals surface area (Å²) in [5.41, 5.74) is 4.28. The van der Waals surface area contributed by atoms with Gasteiger partial charge in [-0.05, 0) is 36.6 Å². The molecule has 0 aliphatic heterocycles. The van der Waals surface area contributed by atoms with E-state index in [0.717, 1.165) is 22.4 Å². The normalized spacial score (nSPS) is 13.6. The largest absolute Gasteiger partial charge is 0.383 e. The third-order valence-corrected chi connectivity index (χ3v) is 5.22. The number of ether oxygens (including phenoxy) is 1. The van der Waals surface area contributed by atoms with E-state index in [-0.39, 0.29) is 0 Å². The molecule has 0 amide bonds. The predicted molar refractivity (Wildman–Crippen MR) is 115 cm³/mol. The maximum absolute atomic E-state index is 5.30. The monoisotopic (exact) mass is 404 g/mol. The van der Waals surface area contributed by atoms with Crippen molar-refractivity contribution >= 4 is 28.6 Å². The van der Waals surface area contributed by atoms with Crippen molar-refractivity contribution in [3.63, 3.8) is 0 Å². The number of hydrogen-bond acceptors (Lipinski definition) is 7. The number of benzene rings is 1. The van der Waals surface area contributed by atoms with Gasteiger partial charge < -0.3 is 19.9 Å². The number of rotatable bonds is 9. The van der Waals surface area contributed by atoms with Crippen molar-refractivity contribution in [3.05, 3.63) is 54.1 Å². The van der Waals surface area contributed by atoms with Gasteiger partial charge in [0.2, 0.25) is 5.95 Å². The highest BCUT2D eigenvalue weighted by Crippen LogP contribution is 2.39. The highest BCUT2D eigenvalue weighted by atomic mass is 16.5. The first-order valence-corrected chi connectivity index (χ1v) is 10.1. The number of anilines is 3. The molecule has 3 heterocycles. The smallest absolute Gasteiger partial charge is 0.227 e. The summed E-state index contributed by atoms with van der Waals surface area (Å²) in [6.45, 7) is 1.91. The Balaban J connectivity index is 1.35. The lowest BCUT2D eigenvalue weighted by Crippen LogP contribution is -2.28. The van der Waals surface area contributed by atoms with Gasteiger partial charge in [0, 0.05) is 44.1 Å². The molecule has 5 rings (SSSR count). The average Bonchev–Trinajstić information content (AvgIpc) is 3.33. The lowest BCUT2D eigenvalue weighted by atomic mass is 10.2. The van der Waals surface area contributed by atoms with Crippen molar-refractivity contribution in [2.45, 2.75) is 25.3 Å². The number of H-pyrrole nitrogens is 2. The number of fused-ring (bicyclic) bond motifs is 1. The van der Waals surface area contributed by atoms with Gasteiger partial charge in [0.15, 0.2) is 5.82 Å². The van der Waals surface area contributed by atoms with Crippen LogP contribution in [0.2, 0.25) is 0 Å². The molecule has 9 nitrogen and oxygen atoms in total. The zero-order valence-corrected chi connectivity index (χ0v) is 16.8. The number of hydrogen-bond donors (Lipinski definition) is 3. The number of aromatic amines is 2. The molecule has 0 bridgehead atoms. The molecule has 9 heteroatoms. The Hall–Kier alpha value is -3.46. The van der Waals surface area contributed by atoms with Crippen molar-refractivity contribution in [1.29, 1.82) is 0 Å². The van der Waals surface area contributed by atoms with Gasteiger partial charge in [-0.1, -0.05) is 6.07 Å². The fourth-order valence-electron chi connectivity index (χ4n) is 3.45. The molecule has 1 saturated carbocycles. The van der Waals surface area contributed by atoms with Gasteiger partial charge in [-0.15, -0.1) is 0 Å². The molecule has 1 aliphatic carbocycles. The highest BCUT2D eigenvalue weighted by Gasteiger charge is 2.25. The molecule has 0 radical (unpaired) electrons. The van der Waals surface area contributed by atoms with Crippen LogP contribution in [-0.4, -0.2) is 50.4 Å². The van der Waals surface area contributed by atoms with Crippen LogP contribution in [0.3, 0.4) is 0 Å². The van der Waals surface area contributed by atoms with Crippen molar-refractivity contribution in [3.8, 4) is 0 Å². The number of aromatic nitrogens is 6. The Morgan fingerprint density at radius 3 is 2.97 bits per heavy atom. The van der Waals surface area contributed by atoms with Crippen LogP contribution in [0.25, 0.3) is 11.0 Å². The number of nitrogens with one attached hydrogen (secondary N) is 3. The fourth-order valence-corrected chi connectivity index (χ4v) is 3.45. The summed E-state index contributed by atoms with van der Waals surface area (Å²) in [5.74, 6) is 2.75. The molecular formula is C21H24N8O. The van der Waals surface area contributed by atoms with E-state index in [0.29, 0.717) is 37.4 Å². The molecule has 1 aliphatic rings. The van der Waals surface area contributed by atoms with Crippen LogP contribution in [0.15, 0.2) is 42.9 Å². The molecule has 0 atom stereocenters. The van der Waals surface area contributed by atoms with Crippen molar-refractivity contribution in [2.75, 3.05) is 30.5 Å². The topological polar surface area (TPSA) is 108 Å². The van der Waals surface area contributed by atoms with Gasteiger partial charge in [-0.2, -0.15) is 10.1 Å². The Kier molecular flexibility index (Phi) is 5.02. The molecule has 4 aromatic rings. The quantitative estimate of drug-likeness (QED) is 0.393. The van der Waals surface area contributed by atoms with Gasteiger partial charge >= 0.3 is 0 Å². The SMILES string of the molecule is COCCN(Cc1ccc2[nH]cnc2c1)c1nccc(Nc2cc(C3CC3)[nH]n2)n1. The molecule has 0 saturated heterocycles. The van der Waals surface area contributed by atoms with Gasteiger partial charge in [-0.25, -0.2) is 9.97 Å². The Morgan fingerprint density at radius 1 is 1.17 bits per heavy atom. The first kappa shape index (κ1) is 18.6. The van der Waals surface area contributed by atoms with E-state index in [1.165, 1.54) is 18.5 Å². The van der Waals surface area contributed by atoms with Crippen molar-refractivity contribution < 1.29 is 4.74 Å². The van der Waals surface area contributed by atoms with E-state index in [1.807, 2.05) is 12.1 Å². The zero-order chi connectivity index (χ0) is 20.3. The molecular weight excluding hydrogens is 380 g/mol. The fraction of sp³-hybridized carbons (Fsp3) is 0.333. The summed E-state index contributed by atoms with van der Waals surface area (Å²) in [7, 11) is 1.70. The second kappa shape index (κ2) is 8.11. The minimum Gasteiger partial charge on any atom is -0.383 e. The summed E-state index contributed by atoms with van der Waals surface area (Å²) in [6, 6.07) is 10.1. The van der Waals surface area contributed by atoms with Crippen molar-refractivity contribution in [1.82, 2.24) is 30.1 Å². The first-order chi connectivity index (χ1) is 14.8. The zero-order valence-electron chi connectivity index (χ0n) is 16.8. The van der Waals surface area contributed by atoms with Crippen LogP contribution in [0.5, 0.6) is 0 Å². The average molecular weight is 404 g/mol. The molecule has 3 N–H and O–H groups in total. The lowest BCUT2D eigenvalue weighted by Gasteiger charge is -2.22. The van der Waals surface area contributed by atoms with Gasteiger partial charge in [-0.3, -0.25) is 5.10 Å². The molecule has 1 aromatic carbocycles. The Labute approximate surface area is 173 Å². The van der Waals surface area contributed by atoms with Crippen molar-refractivity contribution in [2.24, 2.45) is 0 Å². The van der Waals surface area contributed by atoms with E-state index in [4.69, 9.17) is 9.72 Å². The lowest BCUT2D eigenvalue weighted by molar-refractivity contribution is 0.204. The summed E-state index contributed by atoms with van der Waals surface area (Å²) < 4.78 is 5.30. The first-order valence-electron chi connectivity index (χ1n) is 10.1. The highest BCUT2D eigenvalue weighted by molar-refractivity contribution is 5.75. The number of imidazole rings is 1. The molecule has 3 aromatic heterocycles. The van der Waals surface area contributed by atoms with E-state index >= 15 is 0 Å². The summed E-state index contributed by atoms with van der Waals surface area (Å²) in [5, 5.41) is 10.7. The second-order valence-corrected chi connectivity index (χ2v) is 7.52. The maximum atomic E-state index is 5.30. The summed E-state index contributed by atoms with van der Waals surface area (Å²) in [6.07, 6.45) is 5.94. The maximum Gasteiger partial charge on any atom is 0.227 e. The number of methoxy groups -OCH3 is 1. The summed E-state index contributed by atoms with van der Waals surface area (Å²) >= 11 is 0. The minimum absolute atomic E-state index is 0.579.